The van der Waals surface area contributed by atoms with E-state index < -0.39 is 5.97 Å². The molecule has 0 aliphatic heterocycles. The third-order valence-electron chi connectivity index (χ3n) is 2.67. The minimum absolute atomic E-state index is 0.154. The molecule has 0 saturated heterocycles. The van der Waals surface area contributed by atoms with E-state index in [1.165, 1.54) is 11.6 Å². The maximum atomic E-state index is 11.1. The van der Waals surface area contributed by atoms with Crippen LogP contribution >= 0.6 is 15.9 Å². The van der Waals surface area contributed by atoms with Gasteiger partial charge in [-0.05, 0) is 34.5 Å². The molecule has 0 spiro atoms. The van der Waals surface area contributed by atoms with Crippen LogP contribution in [0.3, 0.4) is 0 Å². The van der Waals surface area contributed by atoms with Gasteiger partial charge in [-0.15, -0.1) is 0 Å². The lowest BCUT2D eigenvalue weighted by molar-refractivity contribution is 0.0697. The molecular weight excluding hydrogens is 308 g/mol. The van der Waals surface area contributed by atoms with Crippen LogP contribution in [0.2, 0.25) is 0 Å². The van der Waals surface area contributed by atoms with Crippen molar-refractivity contribution in [1.29, 1.82) is 0 Å². The number of hydrogen-bond acceptors (Lipinski definition) is 3. The molecule has 2 aromatic rings. The quantitative estimate of drug-likeness (QED) is 0.905. The fraction of sp³-hybridized carbons (Fsp3) is 0.143. The number of benzene rings is 1. The van der Waals surface area contributed by atoms with Crippen LogP contribution in [-0.2, 0) is 6.54 Å². The molecule has 0 amide bonds. The van der Waals surface area contributed by atoms with Crippen molar-refractivity contribution in [3.8, 4) is 0 Å². The summed E-state index contributed by atoms with van der Waals surface area (Å²) in [4.78, 5) is 15.2. The number of hydrogen-bond donors (Lipinski definition) is 2. The lowest BCUT2D eigenvalue weighted by Gasteiger charge is -2.09. The summed E-state index contributed by atoms with van der Waals surface area (Å²) in [6.45, 7) is 2.56. The average molecular weight is 321 g/mol. The van der Waals surface area contributed by atoms with Gasteiger partial charge in [0, 0.05) is 17.2 Å². The van der Waals surface area contributed by atoms with Gasteiger partial charge in [0.1, 0.15) is 11.4 Å². The zero-order chi connectivity index (χ0) is 13.8. The molecule has 0 fully saturated rings. The van der Waals surface area contributed by atoms with Crippen LogP contribution in [-0.4, -0.2) is 16.1 Å². The van der Waals surface area contributed by atoms with E-state index >= 15 is 0 Å². The summed E-state index contributed by atoms with van der Waals surface area (Å²) < 4.78 is 0.644. The average Bonchev–Trinajstić information content (AvgIpc) is 2.39. The number of pyridine rings is 1. The number of carbonyl (C=O) groups is 1. The highest BCUT2D eigenvalue weighted by atomic mass is 79.9. The molecule has 5 heteroatoms. The Morgan fingerprint density at radius 1 is 1.37 bits per heavy atom. The maximum absolute atomic E-state index is 11.1. The Kier molecular flexibility index (Phi) is 4.16. The molecule has 0 radical (unpaired) electrons. The molecule has 19 heavy (non-hydrogen) atoms. The summed E-state index contributed by atoms with van der Waals surface area (Å²) in [7, 11) is 0. The minimum Gasteiger partial charge on any atom is -0.478 e. The first-order valence-corrected chi connectivity index (χ1v) is 6.54. The van der Waals surface area contributed by atoms with Gasteiger partial charge in [-0.3, -0.25) is 0 Å². The van der Waals surface area contributed by atoms with Crippen molar-refractivity contribution >= 4 is 27.7 Å². The van der Waals surface area contributed by atoms with Crippen LogP contribution in [0.25, 0.3) is 0 Å². The van der Waals surface area contributed by atoms with Crippen LogP contribution in [0.5, 0.6) is 0 Å². The number of anilines is 1. The highest BCUT2D eigenvalue weighted by molar-refractivity contribution is 9.10. The molecular formula is C14H13BrN2O2. The molecule has 1 heterocycles. The zero-order valence-corrected chi connectivity index (χ0v) is 11.9. The van der Waals surface area contributed by atoms with Crippen molar-refractivity contribution in [2.45, 2.75) is 13.5 Å². The Hall–Kier alpha value is -1.88. The van der Waals surface area contributed by atoms with Crippen LogP contribution in [0.4, 0.5) is 5.82 Å². The van der Waals surface area contributed by atoms with Crippen molar-refractivity contribution in [3.63, 3.8) is 0 Å². The fourth-order valence-electron chi connectivity index (χ4n) is 1.63. The number of carboxylic acid groups (broad SMARTS) is 1. The largest absolute Gasteiger partial charge is 0.478 e. The fourth-order valence-corrected chi connectivity index (χ4v) is 1.97. The molecule has 2 rings (SSSR count). The molecule has 1 aromatic heterocycles. The van der Waals surface area contributed by atoms with Crippen LogP contribution in [0.1, 0.15) is 21.5 Å². The van der Waals surface area contributed by atoms with E-state index in [0.29, 0.717) is 16.8 Å². The van der Waals surface area contributed by atoms with Gasteiger partial charge in [-0.2, -0.15) is 0 Å². The molecule has 1 aromatic carbocycles. The number of rotatable bonds is 4. The predicted octanol–water partition coefficient (Wildman–Crippen LogP) is 3.46. The van der Waals surface area contributed by atoms with E-state index in [0.717, 1.165) is 5.56 Å². The number of halogens is 1. The Labute approximate surface area is 119 Å². The molecule has 0 saturated carbocycles. The summed E-state index contributed by atoms with van der Waals surface area (Å²) in [6.07, 6.45) is 1.57. The molecule has 2 N–H and O–H groups in total. The summed E-state index contributed by atoms with van der Waals surface area (Å²) in [5.74, 6) is -0.628. The smallest absolute Gasteiger partial charge is 0.339 e. The monoisotopic (exact) mass is 320 g/mol. The van der Waals surface area contributed by atoms with Crippen molar-refractivity contribution in [1.82, 2.24) is 4.98 Å². The van der Waals surface area contributed by atoms with Crippen LogP contribution in [0.15, 0.2) is 41.0 Å². The minimum atomic E-state index is -1.000. The number of nitrogens with one attached hydrogen (secondary N) is 1. The molecule has 0 aliphatic carbocycles. The first kappa shape index (κ1) is 13.5. The molecule has 0 unspecified atom stereocenters. The van der Waals surface area contributed by atoms with Gasteiger partial charge in [-0.25, -0.2) is 9.78 Å². The van der Waals surface area contributed by atoms with Gasteiger partial charge in [0.2, 0.25) is 0 Å². The standard InChI is InChI=1S/C14H13BrN2O2/c1-9-2-4-10(5-3-9)7-16-13-12(14(18)19)6-11(15)8-17-13/h2-6,8H,7H2,1H3,(H,16,17)(H,18,19). The third kappa shape index (κ3) is 3.54. The van der Waals surface area contributed by atoms with Crippen molar-refractivity contribution in [2.24, 2.45) is 0 Å². The van der Waals surface area contributed by atoms with E-state index in [4.69, 9.17) is 5.11 Å². The number of carboxylic acids is 1. The molecule has 0 aliphatic rings. The number of aromatic nitrogens is 1. The molecule has 0 bridgehead atoms. The Morgan fingerprint density at radius 2 is 2.05 bits per heavy atom. The lowest BCUT2D eigenvalue weighted by atomic mass is 10.1. The van der Waals surface area contributed by atoms with E-state index in [1.54, 1.807) is 6.20 Å². The summed E-state index contributed by atoms with van der Waals surface area (Å²) in [6, 6.07) is 9.57. The Bertz CT molecular complexity index is 597. The SMILES string of the molecule is Cc1ccc(CNc2ncc(Br)cc2C(=O)O)cc1. The second-order valence-electron chi connectivity index (χ2n) is 4.19. The summed E-state index contributed by atoms with van der Waals surface area (Å²) >= 11 is 3.21. The highest BCUT2D eigenvalue weighted by Crippen LogP contribution is 2.18. The predicted molar refractivity (Wildman–Crippen MR) is 77.4 cm³/mol. The third-order valence-corrected chi connectivity index (χ3v) is 3.10. The summed E-state index contributed by atoms with van der Waals surface area (Å²) in [5, 5.41) is 12.2. The Balaban J connectivity index is 2.15. The van der Waals surface area contributed by atoms with Gasteiger partial charge in [-0.1, -0.05) is 29.8 Å². The maximum Gasteiger partial charge on any atom is 0.339 e. The van der Waals surface area contributed by atoms with E-state index in [-0.39, 0.29) is 5.56 Å². The van der Waals surface area contributed by atoms with Crippen molar-refractivity contribution in [2.75, 3.05) is 5.32 Å². The number of nitrogens with zero attached hydrogens (tertiary/aromatic N) is 1. The Morgan fingerprint density at radius 3 is 2.68 bits per heavy atom. The van der Waals surface area contributed by atoms with E-state index in [9.17, 15) is 4.79 Å². The van der Waals surface area contributed by atoms with Gasteiger partial charge in [0.25, 0.3) is 0 Å². The van der Waals surface area contributed by atoms with Gasteiger partial charge in [0.15, 0.2) is 0 Å². The number of aromatic carboxylic acids is 1. The molecule has 0 atom stereocenters. The van der Waals surface area contributed by atoms with Gasteiger partial charge in [0.05, 0.1) is 0 Å². The van der Waals surface area contributed by atoms with Crippen LogP contribution < -0.4 is 5.32 Å². The van der Waals surface area contributed by atoms with Gasteiger partial charge < -0.3 is 10.4 Å². The second kappa shape index (κ2) is 5.84. The first-order chi connectivity index (χ1) is 9.06. The molecule has 98 valence electrons. The lowest BCUT2D eigenvalue weighted by Crippen LogP contribution is -2.08. The first-order valence-electron chi connectivity index (χ1n) is 5.74. The number of aryl methyl sites for hydroxylation is 1. The van der Waals surface area contributed by atoms with E-state index in [1.807, 2.05) is 31.2 Å². The topological polar surface area (TPSA) is 62.2 Å². The summed E-state index contributed by atoms with van der Waals surface area (Å²) in [5.41, 5.74) is 2.42. The van der Waals surface area contributed by atoms with Gasteiger partial charge >= 0.3 is 5.97 Å². The van der Waals surface area contributed by atoms with Crippen molar-refractivity contribution < 1.29 is 9.90 Å². The van der Waals surface area contributed by atoms with Crippen LogP contribution in [0, 0.1) is 6.92 Å². The second-order valence-corrected chi connectivity index (χ2v) is 5.11. The highest BCUT2D eigenvalue weighted by Gasteiger charge is 2.11. The molecule has 4 nitrogen and oxygen atoms in total. The van der Waals surface area contributed by atoms with Crippen molar-refractivity contribution in [3.05, 3.63) is 57.7 Å². The zero-order valence-electron chi connectivity index (χ0n) is 10.4. The normalized spacial score (nSPS) is 10.2. The van der Waals surface area contributed by atoms with E-state index in [2.05, 4.69) is 26.2 Å².